The van der Waals surface area contributed by atoms with Gasteiger partial charge in [-0.15, -0.1) is 0 Å². The SMILES string of the molecule is CC(C)C1CC[Si](C)(C(C)C)CC1. The fraction of sp³-hybridized carbons (Fsp3) is 1.00. The van der Waals surface area contributed by atoms with E-state index in [1.54, 1.807) is 12.1 Å². The lowest BCUT2D eigenvalue weighted by Crippen LogP contribution is -2.38. The molecule has 1 rings (SSSR count). The van der Waals surface area contributed by atoms with Crippen LogP contribution in [0, 0.1) is 11.8 Å². The van der Waals surface area contributed by atoms with Gasteiger partial charge in [-0.2, -0.15) is 0 Å². The first kappa shape index (κ1) is 11.3. The molecule has 13 heavy (non-hydrogen) atoms. The van der Waals surface area contributed by atoms with Crippen LogP contribution in [0.3, 0.4) is 0 Å². The second-order valence-corrected chi connectivity index (χ2v) is 11.4. The monoisotopic (exact) mass is 198 g/mol. The van der Waals surface area contributed by atoms with Gasteiger partial charge in [0.2, 0.25) is 0 Å². The van der Waals surface area contributed by atoms with Crippen molar-refractivity contribution >= 4 is 8.07 Å². The summed E-state index contributed by atoms with van der Waals surface area (Å²) >= 11 is 0. The van der Waals surface area contributed by atoms with Gasteiger partial charge in [-0.3, -0.25) is 0 Å². The molecule has 0 aromatic heterocycles. The van der Waals surface area contributed by atoms with Crippen LogP contribution in [-0.2, 0) is 0 Å². The van der Waals surface area contributed by atoms with Crippen molar-refractivity contribution in [3.05, 3.63) is 0 Å². The summed E-state index contributed by atoms with van der Waals surface area (Å²) in [5, 5.41) is 0. The van der Waals surface area contributed by atoms with E-state index in [-0.39, 0.29) is 0 Å². The Morgan fingerprint density at radius 1 is 1.00 bits per heavy atom. The van der Waals surface area contributed by atoms with Crippen LogP contribution < -0.4 is 0 Å². The molecular formula is C12H26Si. The average molecular weight is 198 g/mol. The average Bonchev–Trinajstić information content (AvgIpc) is 2.04. The van der Waals surface area contributed by atoms with Crippen molar-refractivity contribution in [3.63, 3.8) is 0 Å². The van der Waals surface area contributed by atoms with Crippen LogP contribution in [0.15, 0.2) is 0 Å². The Bertz CT molecular complexity index is 153. The first-order chi connectivity index (χ1) is 5.96. The lowest BCUT2D eigenvalue weighted by atomic mass is 9.90. The highest BCUT2D eigenvalue weighted by Crippen LogP contribution is 2.41. The summed E-state index contributed by atoms with van der Waals surface area (Å²) in [5.74, 6) is 1.96. The molecule has 1 heteroatoms. The minimum atomic E-state index is -0.802. The third-order valence-electron chi connectivity index (χ3n) is 4.51. The molecule has 0 amide bonds. The van der Waals surface area contributed by atoms with Gasteiger partial charge in [-0.25, -0.2) is 0 Å². The molecule has 0 bridgehead atoms. The van der Waals surface area contributed by atoms with Gasteiger partial charge >= 0.3 is 0 Å². The first-order valence-corrected chi connectivity index (χ1v) is 8.95. The molecule has 1 heterocycles. The van der Waals surface area contributed by atoms with Crippen molar-refractivity contribution in [2.75, 3.05) is 0 Å². The lowest BCUT2D eigenvalue weighted by Gasteiger charge is -2.40. The fourth-order valence-corrected chi connectivity index (χ4v) is 6.01. The highest BCUT2D eigenvalue weighted by molar-refractivity contribution is 6.80. The Labute approximate surface area is 85.1 Å². The van der Waals surface area contributed by atoms with Crippen LogP contribution in [0.4, 0.5) is 0 Å². The fourth-order valence-electron chi connectivity index (χ4n) is 2.54. The molecule has 0 radical (unpaired) electrons. The zero-order valence-electron chi connectivity index (χ0n) is 10.1. The summed E-state index contributed by atoms with van der Waals surface area (Å²) in [6, 6.07) is 3.18. The van der Waals surface area contributed by atoms with E-state index < -0.39 is 8.07 Å². The van der Waals surface area contributed by atoms with Crippen LogP contribution in [0.25, 0.3) is 0 Å². The topological polar surface area (TPSA) is 0 Å². The molecule has 1 aliphatic heterocycles. The Hall–Kier alpha value is 0.217. The molecule has 1 fully saturated rings. The molecule has 0 saturated carbocycles. The maximum atomic E-state index is 2.62. The molecule has 0 atom stereocenters. The zero-order valence-corrected chi connectivity index (χ0v) is 11.1. The summed E-state index contributed by atoms with van der Waals surface area (Å²) < 4.78 is 0. The summed E-state index contributed by atoms with van der Waals surface area (Å²) in [6.07, 6.45) is 3.05. The number of hydrogen-bond donors (Lipinski definition) is 0. The van der Waals surface area contributed by atoms with Crippen LogP contribution in [0.5, 0.6) is 0 Å². The van der Waals surface area contributed by atoms with E-state index in [2.05, 4.69) is 34.2 Å². The van der Waals surface area contributed by atoms with Gasteiger partial charge in [0.25, 0.3) is 0 Å². The minimum absolute atomic E-state index is 0.802. The largest absolute Gasteiger partial charge is 0.0690 e. The Morgan fingerprint density at radius 2 is 1.46 bits per heavy atom. The molecule has 0 unspecified atom stereocenters. The molecule has 0 aromatic carbocycles. The van der Waals surface area contributed by atoms with Gasteiger partial charge in [0.05, 0.1) is 8.07 Å². The van der Waals surface area contributed by atoms with Crippen molar-refractivity contribution < 1.29 is 0 Å². The van der Waals surface area contributed by atoms with E-state index in [1.165, 1.54) is 12.8 Å². The van der Waals surface area contributed by atoms with Crippen LogP contribution in [0.2, 0.25) is 24.2 Å². The Morgan fingerprint density at radius 3 is 1.77 bits per heavy atom. The third kappa shape index (κ3) is 2.58. The summed E-state index contributed by atoms with van der Waals surface area (Å²) in [5.41, 5.74) is 1.00. The Kier molecular flexibility index (Phi) is 3.62. The maximum Gasteiger partial charge on any atom is 0.0530 e. The third-order valence-corrected chi connectivity index (χ3v) is 10.2. The van der Waals surface area contributed by atoms with E-state index in [1.807, 2.05) is 0 Å². The van der Waals surface area contributed by atoms with Gasteiger partial charge in [-0.1, -0.05) is 64.7 Å². The first-order valence-electron chi connectivity index (χ1n) is 5.96. The highest BCUT2D eigenvalue weighted by Gasteiger charge is 2.35. The van der Waals surface area contributed by atoms with E-state index in [0.717, 1.165) is 17.4 Å². The predicted octanol–water partition coefficient (Wildman–Crippen LogP) is 4.54. The molecule has 0 spiro atoms. The van der Waals surface area contributed by atoms with Gasteiger partial charge in [0.1, 0.15) is 0 Å². The molecule has 0 N–H and O–H groups in total. The molecule has 1 saturated heterocycles. The van der Waals surface area contributed by atoms with Crippen molar-refractivity contribution in [3.8, 4) is 0 Å². The normalized spacial score (nSPS) is 35.8. The molecule has 0 aliphatic carbocycles. The van der Waals surface area contributed by atoms with Gasteiger partial charge in [0.15, 0.2) is 0 Å². The van der Waals surface area contributed by atoms with Crippen molar-refractivity contribution in [2.24, 2.45) is 11.8 Å². The molecule has 0 aromatic rings. The van der Waals surface area contributed by atoms with Crippen LogP contribution in [0.1, 0.15) is 40.5 Å². The van der Waals surface area contributed by atoms with E-state index in [0.29, 0.717) is 0 Å². The Balaban J connectivity index is 2.47. The minimum Gasteiger partial charge on any atom is -0.0690 e. The van der Waals surface area contributed by atoms with Gasteiger partial charge in [-0.05, 0) is 11.8 Å². The molecule has 0 nitrogen and oxygen atoms in total. The summed E-state index contributed by atoms with van der Waals surface area (Å²) in [4.78, 5) is 0. The van der Waals surface area contributed by atoms with E-state index in [4.69, 9.17) is 0 Å². The highest BCUT2D eigenvalue weighted by atomic mass is 28.3. The number of rotatable bonds is 2. The van der Waals surface area contributed by atoms with Gasteiger partial charge in [0, 0.05) is 0 Å². The van der Waals surface area contributed by atoms with Gasteiger partial charge < -0.3 is 0 Å². The molecular weight excluding hydrogens is 172 g/mol. The quantitative estimate of drug-likeness (QED) is 0.571. The van der Waals surface area contributed by atoms with Crippen molar-refractivity contribution in [1.29, 1.82) is 0 Å². The molecule has 1 aliphatic rings. The van der Waals surface area contributed by atoms with Crippen molar-refractivity contribution in [2.45, 2.75) is 64.7 Å². The smallest absolute Gasteiger partial charge is 0.0530 e. The van der Waals surface area contributed by atoms with Crippen LogP contribution >= 0.6 is 0 Å². The second-order valence-electron chi connectivity index (χ2n) is 5.89. The predicted molar refractivity (Wildman–Crippen MR) is 63.9 cm³/mol. The van der Waals surface area contributed by atoms with E-state index in [9.17, 15) is 0 Å². The van der Waals surface area contributed by atoms with E-state index >= 15 is 0 Å². The second kappa shape index (κ2) is 4.16. The van der Waals surface area contributed by atoms with Crippen molar-refractivity contribution in [1.82, 2.24) is 0 Å². The summed E-state index contributed by atoms with van der Waals surface area (Å²) in [7, 11) is -0.802. The summed E-state index contributed by atoms with van der Waals surface area (Å²) in [6.45, 7) is 12.3. The molecule has 78 valence electrons. The zero-order chi connectivity index (χ0) is 10.1. The van der Waals surface area contributed by atoms with Crippen LogP contribution in [-0.4, -0.2) is 8.07 Å². The lowest BCUT2D eigenvalue weighted by molar-refractivity contribution is 0.345. The standard InChI is InChI=1S/C12H26Si/c1-10(2)12-6-8-13(5,9-7-12)11(3)4/h10-12H,6-9H2,1-5H3. The maximum absolute atomic E-state index is 2.62. The number of hydrogen-bond acceptors (Lipinski definition) is 0.